The topological polar surface area (TPSA) is 56.7 Å². The summed E-state index contributed by atoms with van der Waals surface area (Å²) in [6, 6.07) is 48.0. The van der Waals surface area contributed by atoms with Crippen LogP contribution in [0.25, 0.3) is 72.2 Å². The van der Waals surface area contributed by atoms with E-state index in [1.54, 1.807) is 24.4 Å². The number of para-hydroxylation sites is 1. The molecule has 0 aliphatic rings. The molecule has 4 heterocycles. The number of rotatable bonds is 3. The molecule has 0 saturated carbocycles. The summed E-state index contributed by atoms with van der Waals surface area (Å²) in [6.07, 6.45) is 3.16. The van der Waals surface area contributed by atoms with Gasteiger partial charge in [-0.1, -0.05) is 77.7 Å². The van der Waals surface area contributed by atoms with Crippen molar-refractivity contribution in [3.63, 3.8) is 0 Å². The van der Waals surface area contributed by atoms with E-state index < -0.39 is 6.85 Å². The molecule has 0 unspecified atom stereocenters. The van der Waals surface area contributed by atoms with Crippen LogP contribution in [0.4, 0.5) is 0 Å². The van der Waals surface area contributed by atoms with Gasteiger partial charge in [-0.15, -0.1) is 54.1 Å². The molecule has 0 N–H and O–H groups in total. The summed E-state index contributed by atoms with van der Waals surface area (Å²) < 4.78 is 30.4. The number of furan rings is 1. The molecule has 0 atom stereocenters. The molecule has 5 nitrogen and oxygen atoms in total. The van der Waals surface area contributed by atoms with Crippen molar-refractivity contribution in [1.82, 2.24) is 19.5 Å². The molecule has 0 amide bonds. The average molecular weight is 774 g/mol. The van der Waals surface area contributed by atoms with Gasteiger partial charge in [0.25, 0.3) is 0 Å². The molecular weight excluding hydrogens is 745 g/mol. The second-order valence-corrected chi connectivity index (χ2v) is 10.5. The summed E-state index contributed by atoms with van der Waals surface area (Å²) in [5.41, 5.74) is 7.00. The van der Waals surface area contributed by atoms with E-state index in [-0.39, 0.29) is 25.7 Å². The molecule has 0 bridgehead atoms. The number of nitrogens with zero attached hydrogens (tertiary/aromatic N) is 4. The van der Waals surface area contributed by atoms with Crippen LogP contribution in [0.5, 0.6) is 0 Å². The van der Waals surface area contributed by atoms with E-state index in [1.807, 2.05) is 66.7 Å². The van der Waals surface area contributed by atoms with Gasteiger partial charge in [0.05, 0.1) is 16.9 Å². The summed E-state index contributed by atoms with van der Waals surface area (Å²) in [5.74, 6) is 0.763. The minimum Gasteiger partial charge on any atom is -0.500 e. The van der Waals surface area contributed by atoms with Crippen LogP contribution in [0.1, 0.15) is 9.68 Å². The Morgan fingerprint density at radius 1 is 0.696 bits per heavy atom. The zero-order chi connectivity index (χ0) is 32.7. The largest absolute Gasteiger partial charge is 0.500 e. The van der Waals surface area contributed by atoms with Crippen LogP contribution in [0.3, 0.4) is 0 Å². The number of aryl methyl sites for hydroxylation is 1. The second kappa shape index (κ2) is 12.5. The average Bonchev–Trinajstić information content (AvgIpc) is 3.72. The Hall–Kier alpha value is -5.42. The minimum absolute atomic E-state index is 0. The zero-order valence-electron chi connectivity index (χ0n) is 27.3. The monoisotopic (exact) mass is 774 g/mol. The molecule has 46 heavy (non-hydrogen) atoms. The summed E-state index contributed by atoms with van der Waals surface area (Å²) in [4.78, 5) is 13.5. The van der Waals surface area contributed by atoms with E-state index in [1.165, 1.54) is 6.20 Å². The predicted octanol–water partition coefficient (Wildman–Crippen LogP) is 9.79. The molecule has 0 aliphatic heterocycles. The molecule has 223 valence electrons. The maximum Gasteiger partial charge on any atom is 0.168 e. The number of hydrogen-bond donors (Lipinski definition) is 0. The van der Waals surface area contributed by atoms with Gasteiger partial charge in [-0.05, 0) is 47.8 Å². The minimum atomic E-state index is -2.09. The van der Waals surface area contributed by atoms with Gasteiger partial charge in [-0.25, -0.2) is 4.98 Å². The van der Waals surface area contributed by atoms with Gasteiger partial charge in [-0.3, -0.25) is 4.98 Å². The van der Waals surface area contributed by atoms with E-state index in [2.05, 4.69) is 69.1 Å². The van der Waals surface area contributed by atoms with Gasteiger partial charge in [0.2, 0.25) is 0 Å². The van der Waals surface area contributed by atoms with Crippen LogP contribution in [0.2, 0.25) is 0 Å². The molecule has 0 saturated heterocycles. The van der Waals surface area contributed by atoms with Crippen molar-refractivity contribution in [3.8, 4) is 28.3 Å². The van der Waals surface area contributed by atoms with Crippen LogP contribution in [-0.2, 0) is 20.1 Å². The van der Waals surface area contributed by atoms with Crippen molar-refractivity contribution in [3.05, 3.63) is 157 Å². The molecule has 0 spiro atoms. The number of benzene rings is 5. The van der Waals surface area contributed by atoms with Crippen molar-refractivity contribution >= 4 is 43.9 Å². The van der Waals surface area contributed by atoms with Crippen LogP contribution >= 0.6 is 0 Å². The summed E-state index contributed by atoms with van der Waals surface area (Å²) in [7, 11) is 0. The Kier molecular flexibility index (Phi) is 7.04. The second-order valence-electron chi connectivity index (χ2n) is 10.5. The fourth-order valence-electron chi connectivity index (χ4n) is 5.66. The van der Waals surface area contributed by atoms with Gasteiger partial charge in [0.1, 0.15) is 5.58 Å². The molecule has 1 radical (unpaired) electrons. The van der Waals surface area contributed by atoms with Gasteiger partial charge in [0, 0.05) is 53.1 Å². The van der Waals surface area contributed by atoms with Crippen molar-refractivity contribution in [2.45, 2.75) is 6.85 Å². The van der Waals surface area contributed by atoms with E-state index in [4.69, 9.17) is 13.5 Å². The van der Waals surface area contributed by atoms with Crippen LogP contribution in [-0.4, -0.2) is 19.5 Å². The van der Waals surface area contributed by atoms with Crippen molar-refractivity contribution in [2.75, 3.05) is 0 Å². The van der Waals surface area contributed by atoms with Crippen molar-refractivity contribution in [1.29, 1.82) is 0 Å². The fraction of sp³-hybridized carbons (Fsp3) is 0.0250. The van der Waals surface area contributed by atoms with Crippen molar-refractivity contribution in [2.24, 2.45) is 0 Å². The third kappa shape index (κ3) is 5.28. The normalized spacial score (nSPS) is 12.2. The van der Waals surface area contributed by atoms with Gasteiger partial charge >= 0.3 is 0 Å². The van der Waals surface area contributed by atoms with E-state index in [9.17, 15) is 0 Å². The van der Waals surface area contributed by atoms with Gasteiger partial charge in [0.15, 0.2) is 5.65 Å². The zero-order valence-corrected chi connectivity index (χ0v) is 26.7. The SMILES string of the molecule is [2H]C([2H])([2H])c1ccc(-c2[c-]cccc2)nc1.[Ir].[c-]1ccc2c(oc3c4ccccc4ccc23)c1-c1nc2ncccc2n1-c1ccccc1. The first kappa shape index (κ1) is 25.9. The number of aromatic nitrogens is 4. The summed E-state index contributed by atoms with van der Waals surface area (Å²) >= 11 is 0. The van der Waals surface area contributed by atoms with Gasteiger partial charge < -0.3 is 14.0 Å². The van der Waals surface area contributed by atoms with E-state index >= 15 is 0 Å². The molecule has 5 aromatic carbocycles. The van der Waals surface area contributed by atoms with E-state index in [0.29, 0.717) is 5.65 Å². The Bertz CT molecular complexity index is 2550. The number of hydrogen-bond acceptors (Lipinski definition) is 4. The summed E-state index contributed by atoms with van der Waals surface area (Å²) in [5, 5.41) is 4.41. The Balaban J connectivity index is 0.000000189. The number of fused-ring (bicyclic) bond motifs is 6. The molecular formula is C40H26IrN4O-2. The molecule has 0 aliphatic carbocycles. The Morgan fingerprint density at radius 2 is 1.54 bits per heavy atom. The predicted molar refractivity (Wildman–Crippen MR) is 181 cm³/mol. The number of pyridine rings is 2. The molecule has 9 aromatic rings. The first-order valence-corrected chi connectivity index (χ1v) is 14.5. The smallest absolute Gasteiger partial charge is 0.168 e. The van der Waals surface area contributed by atoms with E-state index in [0.717, 1.165) is 66.6 Å². The van der Waals surface area contributed by atoms with Crippen LogP contribution in [0.15, 0.2) is 144 Å². The molecule has 4 aromatic heterocycles. The first-order valence-electron chi connectivity index (χ1n) is 16.0. The molecule has 0 fully saturated rings. The fourth-order valence-corrected chi connectivity index (χ4v) is 5.66. The summed E-state index contributed by atoms with van der Waals surface area (Å²) in [6.45, 7) is -2.09. The standard InChI is InChI=1S/C28H16N3O.C12H10N.Ir/c1-2-9-19(10-3-1)31-24-14-7-17-29-27(24)30-28(31)23-13-6-12-21-22-16-15-18-8-4-5-11-20(18)25(22)32-26(21)23;1-10-7-8-12(13-9-10)11-5-3-2-4-6-11;/h1-12,14-17H;2-5,7-9H,1H3;/q2*-1;/i;1D3;. The van der Waals surface area contributed by atoms with Gasteiger partial charge in [-0.2, -0.15) is 0 Å². The Labute approximate surface area is 283 Å². The molecule has 9 rings (SSSR count). The molecule has 6 heteroatoms. The maximum absolute atomic E-state index is 7.23. The Morgan fingerprint density at radius 3 is 2.37 bits per heavy atom. The third-order valence-electron chi connectivity index (χ3n) is 7.74. The number of imidazole rings is 1. The third-order valence-corrected chi connectivity index (χ3v) is 7.74. The van der Waals surface area contributed by atoms with Crippen LogP contribution in [0, 0.1) is 19.0 Å². The van der Waals surface area contributed by atoms with Crippen molar-refractivity contribution < 1.29 is 28.6 Å². The quantitative estimate of drug-likeness (QED) is 0.168. The van der Waals surface area contributed by atoms with Crippen LogP contribution < -0.4 is 0 Å². The maximum atomic E-state index is 7.23. The first-order chi connectivity index (χ1) is 23.5.